The highest BCUT2D eigenvalue weighted by molar-refractivity contribution is 7.47. The Labute approximate surface area is 590 Å². The van der Waals surface area contributed by atoms with Crippen LogP contribution in [0.1, 0.15) is 425 Å². The standard InChI is InChI=1S/C85H158NO8P/c1-3-5-7-9-11-13-15-17-19-21-23-25-27-29-31-33-35-37-39-40-41-42-44-46-48-50-52-54-56-58-60-62-64-66-68-70-72-74-76-78-85(88)94-83(82-93-95(89,90)92-80-79-86)81-91-84(87)77-75-73-71-69-67-65-63-61-59-57-55-53-51-49-47-45-43-38-36-34-32-30-28-26-24-22-20-18-16-14-12-10-8-6-4-2/h5,7,11,13,17,19,22-25,29,31,83H,3-4,6,8-10,12,14-16,18,20-21,26-28,30,32-82,86H2,1-2H3,(H,89,90)/b7-5-,13-11-,19-17-,24-22-,25-23-,31-29-. The summed E-state index contributed by atoms with van der Waals surface area (Å²) in [5.74, 6) is -0.803. The van der Waals surface area contributed by atoms with Crippen LogP contribution in [0.2, 0.25) is 0 Å². The van der Waals surface area contributed by atoms with Crippen LogP contribution in [0.4, 0.5) is 0 Å². The number of carbonyl (C=O) groups excluding carboxylic acids is 2. The van der Waals surface area contributed by atoms with Crippen molar-refractivity contribution < 1.29 is 37.6 Å². The van der Waals surface area contributed by atoms with Gasteiger partial charge in [-0.25, -0.2) is 4.57 Å². The van der Waals surface area contributed by atoms with Crippen molar-refractivity contribution in [1.82, 2.24) is 0 Å². The number of esters is 2. The number of allylic oxidation sites excluding steroid dienone is 12. The number of ether oxygens (including phenoxy) is 2. The third kappa shape index (κ3) is 80.3. The Morgan fingerprint density at radius 3 is 0.874 bits per heavy atom. The van der Waals surface area contributed by atoms with Crippen LogP contribution >= 0.6 is 7.82 Å². The maximum atomic E-state index is 12.8. The van der Waals surface area contributed by atoms with Gasteiger partial charge in [0.15, 0.2) is 6.10 Å². The molecule has 0 bridgehead atoms. The van der Waals surface area contributed by atoms with Gasteiger partial charge in [-0.15, -0.1) is 0 Å². The van der Waals surface area contributed by atoms with Crippen molar-refractivity contribution in [2.24, 2.45) is 5.73 Å². The third-order valence-corrected chi connectivity index (χ3v) is 19.6. The van der Waals surface area contributed by atoms with Gasteiger partial charge in [0.25, 0.3) is 0 Å². The Kier molecular flexibility index (Phi) is 78.3. The molecule has 0 rings (SSSR count). The molecule has 0 saturated carbocycles. The average Bonchev–Trinajstić information content (AvgIpc) is 3.16. The van der Waals surface area contributed by atoms with Crippen LogP contribution in [0.3, 0.4) is 0 Å². The molecule has 0 amide bonds. The summed E-state index contributed by atoms with van der Waals surface area (Å²) in [5.41, 5.74) is 5.42. The van der Waals surface area contributed by atoms with Gasteiger partial charge in [0.2, 0.25) is 0 Å². The van der Waals surface area contributed by atoms with Gasteiger partial charge in [0.05, 0.1) is 13.2 Å². The second kappa shape index (κ2) is 80.4. The molecule has 0 aliphatic rings. The molecule has 0 spiro atoms. The molecule has 0 aromatic heterocycles. The molecule has 0 aliphatic carbocycles. The van der Waals surface area contributed by atoms with E-state index in [1.54, 1.807) is 0 Å². The normalized spacial score (nSPS) is 13.2. The molecule has 0 fully saturated rings. The Morgan fingerprint density at radius 1 is 0.326 bits per heavy atom. The zero-order valence-corrected chi connectivity index (χ0v) is 63.8. The fraction of sp³-hybridized carbons (Fsp3) is 0.835. The summed E-state index contributed by atoms with van der Waals surface area (Å²) in [6.45, 7) is 3.71. The third-order valence-electron chi connectivity index (χ3n) is 18.6. The molecule has 0 aliphatic heterocycles. The molecule has 2 atom stereocenters. The fourth-order valence-electron chi connectivity index (χ4n) is 12.5. The first-order valence-corrected chi connectivity index (χ1v) is 42.9. The lowest BCUT2D eigenvalue weighted by Crippen LogP contribution is -2.29. The first-order valence-electron chi connectivity index (χ1n) is 41.4. The van der Waals surface area contributed by atoms with Crippen molar-refractivity contribution in [2.45, 2.75) is 431 Å². The summed E-state index contributed by atoms with van der Waals surface area (Å²) in [6, 6.07) is 0. The van der Waals surface area contributed by atoms with Gasteiger partial charge in [-0.1, -0.05) is 401 Å². The largest absolute Gasteiger partial charge is 0.472 e. The van der Waals surface area contributed by atoms with Crippen LogP contribution < -0.4 is 5.73 Å². The van der Waals surface area contributed by atoms with Crippen molar-refractivity contribution in [3.05, 3.63) is 72.9 Å². The van der Waals surface area contributed by atoms with Gasteiger partial charge < -0.3 is 20.1 Å². The molecular formula is C85H158NO8P. The lowest BCUT2D eigenvalue weighted by atomic mass is 10.0. The Morgan fingerprint density at radius 2 is 0.579 bits per heavy atom. The van der Waals surface area contributed by atoms with Crippen LogP contribution in [0.15, 0.2) is 72.9 Å². The van der Waals surface area contributed by atoms with E-state index in [2.05, 4.69) is 86.8 Å². The summed E-state index contributed by atoms with van der Waals surface area (Å²) in [6.07, 6.45) is 108. The molecule has 556 valence electrons. The van der Waals surface area contributed by atoms with E-state index in [9.17, 15) is 19.0 Å². The first kappa shape index (κ1) is 92.4. The maximum absolute atomic E-state index is 12.8. The number of unbranched alkanes of at least 4 members (excludes halogenated alkanes) is 54. The topological polar surface area (TPSA) is 134 Å². The minimum Gasteiger partial charge on any atom is -0.462 e. The number of carbonyl (C=O) groups is 2. The van der Waals surface area contributed by atoms with Gasteiger partial charge in [-0.05, 0) is 83.5 Å². The predicted molar refractivity (Wildman–Crippen MR) is 413 cm³/mol. The number of nitrogens with two attached hydrogens (primary N) is 1. The number of hydrogen-bond acceptors (Lipinski definition) is 8. The highest BCUT2D eigenvalue weighted by Crippen LogP contribution is 2.43. The summed E-state index contributed by atoms with van der Waals surface area (Å²) < 4.78 is 33.3. The number of hydrogen-bond donors (Lipinski definition) is 2. The van der Waals surface area contributed by atoms with E-state index < -0.39 is 26.5 Å². The number of phosphoric ester groups is 1. The van der Waals surface area contributed by atoms with E-state index in [4.69, 9.17) is 24.3 Å². The first-order chi connectivity index (χ1) is 46.8. The molecule has 9 nitrogen and oxygen atoms in total. The lowest BCUT2D eigenvalue weighted by molar-refractivity contribution is -0.161. The lowest BCUT2D eigenvalue weighted by Gasteiger charge is -2.19. The van der Waals surface area contributed by atoms with Crippen LogP contribution in [0.25, 0.3) is 0 Å². The van der Waals surface area contributed by atoms with Crippen LogP contribution in [-0.2, 0) is 32.7 Å². The van der Waals surface area contributed by atoms with E-state index in [0.717, 1.165) is 64.2 Å². The Balaban J connectivity index is 3.74. The van der Waals surface area contributed by atoms with Gasteiger partial charge in [-0.3, -0.25) is 18.6 Å². The SMILES string of the molecule is CC/C=C\C/C=C\C/C=C\C/C=C\C/C=C\CCCCCCCCCCCCCCCCCCCCCCCCCC(=O)OC(COC(=O)CCCCCCCCCCCCCCCCCCCCCCCCC/C=C\CCCCCCCCCC)COP(=O)(O)OCCN. The molecule has 0 saturated heterocycles. The predicted octanol–water partition coefficient (Wildman–Crippen LogP) is 27.9. The summed E-state index contributed by atoms with van der Waals surface area (Å²) >= 11 is 0. The van der Waals surface area contributed by atoms with Crippen LogP contribution in [0, 0.1) is 0 Å². The van der Waals surface area contributed by atoms with Crippen LogP contribution in [-0.4, -0.2) is 49.3 Å². The second-order valence-electron chi connectivity index (χ2n) is 28.0. The van der Waals surface area contributed by atoms with Crippen molar-refractivity contribution in [1.29, 1.82) is 0 Å². The molecule has 95 heavy (non-hydrogen) atoms. The van der Waals surface area contributed by atoms with Gasteiger partial charge in [0.1, 0.15) is 6.61 Å². The number of phosphoric acid groups is 1. The molecular weight excluding hydrogens is 1190 g/mol. The van der Waals surface area contributed by atoms with Gasteiger partial charge in [-0.2, -0.15) is 0 Å². The minimum absolute atomic E-state index is 0.0553. The van der Waals surface area contributed by atoms with Crippen LogP contribution in [0.5, 0.6) is 0 Å². The average molecular weight is 1350 g/mol. The molecule has 10 heteroatoms. The van der Waals surface area contributed by atoms with Crippen molar-refractivity contribution in [2.75, 3.05) is 26.4 Å². The van der Waals surface area contributed by atoms with E-state index in [0.29, 0.717) is 6.42 Å². The van der Waals surface area contributed by atoms with Crippen molar-refractivity contribution in [3.63, 3.8) is 0 Å². The summed E-state index contributed by atoms with van der Waals surface area (Å²) in [7, 11) is -4.40. The van der Waals surface area contributed by atoms with E-state index in [1.807, 2.05) is 0 Å². The molecule has 0 aromatic carbocycles. The second-order valence-corrected chi connectivity index (χ2v) is 29.4. The van der Waals surface area contributed by atoms with E-state index in [1.165, 1.54) is 327 Å². The quantitative estimate of drug-likeness (QED) is 0.0264. The zero-order chi connectivity index (χ0) is 68.6. The zero-order valence-electron chi connectivity index (χ0n) is 62.9. The monoisotopic (exact) mass is 1350 g/mol. The molecule has 0 heterocycles. The smallest absolute Gasteiger partial charge is 0.462 e. The van der Waals surface area contributed by atoms with E-state index >= 15 is 0 Å². The highest BCUT2D eigenvalue weighted by Gasteiger charge is 2.26. The summed E-state index contributed by atoms with van der Waals surface area (Å²) in [4.78, 5) is 35.5. The van der Waals surface area contributed by atoms with Gasteiger partial charge in [0, 0.05) is 19.4 Å². The Bertz CT molecular complexity index is 1790. The maximum Gasteiger partial charge on any atom is 0.472 e. The molecule has 2 unspecified atom stereocenters. The minimum atomic E-state index is -4.40. The summed E-state index contributed by atoms with van der Waals surface area (Å²) in [5, 5.41) is 0. The molecule has 0 aromatic rings. The number of rotatable bonds is 79. The molecule has 0 radical (unpaired) electrons. The fourth-order valence-corrected chi connectivity index (χ4v) is 13.3. The Hall–Kier alpha value is -2.55. The molecule has 3 N–H and O–H groups in total. The van der Waals surface area contributed by atoms with E-state index in [-0.39, 0.29) is 38.6 Å². The van der Waals surface area contributed by atoms with Crippen molar-refractivity contribution >= 4 is 19.8 Å². The highest BCUT2D eigenvalue weighted by atomic mass is 31.2. The van der Waals surface area contributed by atoms with Crippen molar-refractivity contribution in [3.8, 4) is 0 Å². The van der Waals surface area contributed by atoms with Gasteiger partial charge >= 0.3 is 19.8 Å².